The topological polar surface area (TPSA) is 147 Å². The first kappa shape index (κ1) is 17.5. The van der Waals surface area contributed by atoms with Crippen LogP contribution < -0.4 is 16.4 Å². The first-order valence-electron chi connectivity index (χ1n) is 8.08. The number of aromatic nitrogens is 3. The predicted octanol–water partition coefficient (Wildman–Crippen LogP) is 1.18. The summed E-state index contributed by atoms with van der Waals surface area (Å²) < 4.78 is 5.27. The molecule has 0 saturated heterocycles. The van der Waals surface area contributed by atoms with Crippen LogP contribution in [0.2, 0.25) is 0 Å². The lowest BCUT2D eigenvalue weighted by atomic mass is 10.0. The molecular weight excluding hydrogens is 334 g/mol. The molecular formula is C17H20N7O2+. The minimum atomic E-state index is -0.236. The standard InChI is InChI=1S/C17H19N7O2/c1-8(2)22-17-13(15(19)20-7-21-17)14(18)10-4-5-11-12(6-10)26-24-16(11)23-9(3)25/h4-8,18H,1-3H3,(H,23,24,25)(H3,19,20,21,22)/p+1. The zero-order valence-corrected chi connectivity index (χ0v) is 14.7. The second-order valence-electron chi connectivity index (χ2n) is 6.23. The highest BCUT2D eigenvalue weighted by Crippen LogP contribution is 2.26. The molecule has 0 fully saturated rings. The fraction of sp³-hybridized carbons (Fsp3) is 0.235. The SMILES string of the molecule is CC(=O)Nc1noc2cc(C(=N)c3c(N)ncnc3[NH2+]C(C)C)ccc12. The second-order valence-corrected chi connectivity index (χ2v) is 6.23. The van der Waals surface area contributed by atoms with Crippen LogP contribution in [0, 0.1) is 5.41 Å². The fourth-order valence-corrected chi connectivity index (χ4v) is 2.61. The third kappa shape index (κ3) is 3.38. The summed E-state index contributed by atoms with van der Waals surface area (Å²) in [4.78, 5) is 19.5. The van der Waals surface area contributed by atoms with Crippen LogP contribution in [0.1, 0.15) is 31.9 Å². The highest BCUT2D eigenvalue weighted by molar-refractivity contribution is 6.16. The minimum absolute atomic E-state index is 0.189. The van der Waals surface area contributed by atoms with Crippen molar-refractivity contribution in [3.8, 4) is 0 Å². The van der Waals surface area contributed by atoms with Crippen LogP contribution in [0.25, 0.3) is 11.0 Å². The summed E-state index contributed by atoms with van der Waals surface area (Å²) in [5, 5.41) is 17.6. The van der Waals surface area contributed by atoms with Crippen LogP contribution in [0.4, 0.5) is 17.5 Å². The third-order valence-corrected chi connectivity index (χ3v) is 3.70. The molecule has 2 heterocycles. The van der Waals surface area contributed by atoms with Crippen molar-refractivity contribution in [1.82, 2.24) is 15.1 Å². The average molecular weight is 354 g/mol. The van der Waals surface area contributed by atoms with Gasteiger partial charge in [0.15, 0.2) is 11.4 Å². The Balaban J connectivity index is 2.02. The number of carbonyl (C=O) groups is 1. The lowest BCUT2D eigenvalue weighted by Gasteiger charge is -2.11. The Labute approximate surface area is 149 Å². The van der Waals surface area contributed by atoms with Crippen LogP contribution >= 0.6 is 0 Å². The molecule has 3 rings (SSSR count). The van der Waals surface area contributed by atoms with Crippen LogP contribution in [-0.2, 0) is 4.79 Å². The molecule has 0 aliphatic rings. The molecule has 0 bridgehead atoms. The highest BCUT2D eigenvalue weighted by Gasteiger charge is 2.21. The van der Waals surface area contributed by atoms with Gasteiger partial charge in [0.1, 0.15) is 17.7 Å². The Morgan fingerprint density at radius 2 is 2.12 bits per heavy atom. The largest absolute Gasteiger partial charge is 0.383 e. The molecule has 0 aliphatic heterocycles. The van der Waals surface area contributed by atoms with E-state index in [1.165, 1.54) is 13.3 Å². The number of hydrogen-bond donors (Lipinski definition) is 4. The molecule has 0 spiro atoms. The van der Waals surface area contributed by atoms with Gasteiger partial charge in [-0.05, 0) is 26.0 Å². The van der Waals surface area contributed by atoms with Gasteiger partial charge in [-0.15, -0.1) is 0 Å². The molecule has 3 aromatic rings. The zero-order chi connectivity index (χ0) is 18.8. The molecule has 0 atom stereocenters. The lowest BCUT2D eigenvalue weighted by Crippen LogP contribution is -2.83. The lowest BCUT2D eigenvalue weighted by molar-refractivity contribution is -0.606. The summed E-state index contributed by atoms with van der Waals surface area (Å²) in [6.45, 7) is 5.45. The van der Waals surface area contributed by atoms with E-state index in [0.29, 0.717) is 33.7 Å². The first-order valence-corrected chi connectivity index (χ1v) is 8.08. The van der Waals surface area contributed by atoms with Gasteiger partial charge in [0, 0.05) is 12.5 Å². The van der Waals surface area contributed by atoms with Gasteiger partial charge < -0.3 is 15.6 Å². The van der Waals surface area contributed by atoms with E-state index in [9.17, 15) is 4.79 Å². The van der Waals surface area contributed by atoms with Crippen molar-refractivity contribution < 1.29 is 14.6 Å². The van der Waals surface area contributed by atoms with Gasteiger partial charge in [-0.1, -0.05) is 11.2 Å². The van der Waals surface area contributed by atoms with Gasteiger partial charge in [0.05, 0.1) is 17.1 Å². The van der Waals surface area contributed by atoms with Crippen molar-refractivity contribution in [3.63, 3.8) is 0 Å². The van der Waals surface area contributed by atoms with E-state index in [1.54, 1.807) is 18.2 Å². The number of benzene rings is 1. The number of quaternary nitrogens is 1. The first-order chi connectivity index (χ1) is 12.4. The third-order valence-electron chi connectivity index (χ3n) is 3.70. The van der Waals surface area contributed by atoms with Crippen LogP contribution in [0.3, 0.4) is 0 Å². The number of rotatable bonds is 5. The second kappa shape index (κ2) is 6.89. The average Bonchev–Trinajstić information content (AvgIpc) is 2.95. The number of nitrogens with two attached hydrogens (primary N) is 2. The number of amides is 1. The van der Waals surface area contributed by atoms with Crippen molar-refractivity contribution >= 4 is 40.0 Å². The van der Waals surface area contributed by atoms with E-state index in [0.717, 1.165) is 0 Å². The number of nitrogen functional groups attached to an aromatic ring is 1. The van der Waals surface area contributed by atoms with Crippen LogP contribution in [-0.4, -0.2) is 32.8 Å². The van der Waals surface area contributed by atoms with Crippen LogP contribution in [0.15, 0.2) is 29.0 Å². The summed E-state index contributed by atoms with van der Waals surface area (Å²) in [6.07, 6.45) is 1.39. The molecule has 0 aliphatic carbocycles. The van der Waals surface area contributed by atoms with E-state index < -0.39 is 0 Å². The van der Waals surface area contributed by atoms with Gasteiger partial charge in [-0.25, -0.2) is 4.98 Å². The molecule has 9 nitrogen and oxygen atoms in total. The molecule has 6 N–H and O–H groups in total. The molecule has 0 unspecified atom stereocenters. The molecule has 26 heavy (non-hydrogen) atoms. The minimum Gasteiger partial charge on any atom is -0.383 e. The smallest absolute Gasteiger partial charge is 0.239 e. The van der Waals surface area contributed by atoms with Gasteiger partial charge in [0.25, 0.3) is 0 Å². The Morgan fingerprint density at radius 1 is 1.35 bits per heavy atom. The molecule has 1 amide bonds. The quantitative estimate of drug-likeness (QED) is 0.506. The normalized spacial score (nSPS) is 11.1. The van der Waals surface area contributed by atoms with Gasteiger partial charge in [0.2, 0.25) is 11.7 Å². The van der Waals surface area contributed by atoms with E-state index >= 15 is 0 Å². The molecule has 134 valence electrons. The highest BCUT2D eigenvalue weighted by atomic mass is 16.5. The van der Waals surface area contributed by atoms with Crippen molar-refractivity contribution in [3.05, 3.63) is 35.7 Å². The maximum Gasteiger partial charge on any atom is 0.239 e. The summed E-state index contributed by atoms with van der Waals surface area (Å²) in [7, 11) is 0. The Bertz CT molecular complexity index is 994. The van der Waals surface area contributed by atoms with Gasteiger partial charge in [-0.3, -0.25) is 15.5 Å². The van der Waals surface area contributed by atoms with E-state index in [2.05, 4.69) is 20.4 Å². The van der Waals surface area contributed by atoms with Crippen LogP contribution in [0.5, 0.6) is 0 Å². The van der Waals surface area contributed by atoms with Crippen molar-refractivity contribution in [2.45, 2.75) is 26.8 Å². The number of hydrogen-bond acceptors (Lipinski definition) is 7. The summed E-state index contributed by atoms with van der Waals surface area (Å²) in [6, 6.07) is 5.42. The number of anilines is 2. The predicted molar refractivity (Wildman–Crippen MR) is 97.4 cm³/mol. The Hall–Kier alpha value is -3.33. The number of carbonyl (C=O) groups excluding carboxylic acids is 1. The Morgan fingerprint density at radius 3 is 2.81 bits per heavy atom. The molecule has 2 aromatic heterocycles. The van der Waals surface area contributed by atoms with Gasteiger partial charge >= 0.3 is 0 Å². The van der Waals surface area contributed by atoms with E-state index in [-0.39, 0.29) is 23.5 Å². The molecule has 1 aromatic carbocycles. The summed E-state index contributed by atoms with van der Waals surface area (Å²) in [5.74, 6) is 0.977. The van der Waals surface area contributed by atoms with Crippen molar-refractivity contribution in [2.75, 3.05) is 11.1 Å². The molecule has 0 radical (unpaired) electrons. The summed E-state index contributed by atoms with van der Waals surface area (Å²) in [5.41, 5.74) is 7.72. The Kier molecular flexibility index (Phi) is 4.63. The number of nitrogens with zero attached hydrogens (tertiary/aromatic N) is 3. The number of fused-ring (bicyclic) bond motifs is 1. The summed E-state index contributed by atoms with van der Waals surface area (Å²) >= 11 is 0. The van der Waals surface area contributed by atoms with E-state index in [4.69, 9.17) is 15.7 Å². The molecule has 0 saturated carbocycles. The zero-order valence-electron chi connectivity index (χ0n) is 14.7. The maximum absolute atomic E-state index is 11.2. The van der Waals surface area contributed by atoms with E-state index in [1.807, 2.05) is 19.2 Å². The fourth-order valence-electron chi connectivity index (χ4n) is 2.61. The van der Waals surface area contributed by atoms with Crippen molar-refractivity contribution in [2.24, 2.45) is 0 Å². The molecule has 9 heteroatoms. The maximum atomic E-state index is 11.2. The van der Waals surface area contributed by atoms with Crippen molar-refractivity contribution in [1.29, 1.82) is 5.41 Å². The van der Waals surface area contributed by atoms with Gasteiger partial charge in [-0.2, -0.15) is 4.98 Å². The monoisotopic (exact) mass is 354 g/mol. The number of nitrogens with one attached hydrogen (secondary N) is 2.